The van der Waals surface area contributed by atoms with Gasteiger partial charge in [0.15, 0.2) is 5.78 Å². The summed E-state index contributed by atoms with van der Waals surface area (Å²) >= 11 is 7.22. The van der Waals surface area contributed by atoms with E-state index in [0.29, 0.717) is 89.8 Å². The highest BCUT2D eigenvalue weighted by atomic mass is 35.5. The molecule has 2 saturated carbocycles. The van der Waals surface area contributed by atoms with Gasteiger partial charge in [-0.15, -0.1) is 11.3 Å². The van der Waals surface area contributed by atoms with Crippen LogP contribution in [0.1, 0.15) is 152 Å². The van der Waals surface area contributed by atoms with E-state index < -0.39 is 47.0 Å². The van der Waals surface area contributed by atoms with Crippen LogP contribution in [-0.2, 0) is 50.8 Å². The molecule has 0 saturated heterocycles. The Hall–Kier alpha value is -6.12. The van der Waals surface area contributed by atoms with Crippen LogP contribution in [0.25, 0.3) is 6.08 Å². The molecule has 0 spiro atoms. The van der Waals surface area contributed by atoms with Crippen LogP contribution in [0.5, 0.6) is 28.7 Å². The first-order valence-corrected chi connectivity index (χ1v) is 25.9. The van der Waals surface area contributed by atoms with Crippen LogP contribution in [0.4, 0.5) is 0 Å². The molecule has 0 unspecified atom stereocenters. The summed E-state index contributed by atoms with van der Waals surface area (Å²) < 4.78 is 34.9. The zero-order valence-electron chi connectivity index (χ0n) is 42.4. The summed E-state index contributed by atoms with van der Waals surface area (Å²) in [6.07, 6.45) is 8.06. The highest BCUT2D eigenvalue weighted by molar-refractivity contribution is 7.18. The third kappa shape index (κ3) is 14.7. The molecule has 4 aromatic rings. The number of benzene rings is 3. The van der Waals surface area contributed by atoms with Gasteiger partial charge in [0.25, 0.3) is 0 Å². The van der Waals surface area contributed by atoms with E-state index in [-0.39, 0.29) is 47.2 Å². The van der Waals surface area contributed by atoms with Gasteiger partial charge >= 0.3 is 35.8 Å². The van der Waals surface area contributed by atoms with Crippen LogP contribution < -0.4 is 23.7 Å². The van der Waals surface area contributed by atoms with Crippen molar-refractivity contribution in [2.45, 2.75) is 137 Å². The van der Waals surface area contributed by atoms with E-state index in [9.17, 15) is 33.6 Å². The highest BCUT2D eigenvalue weighted by Crippen LogP contribution is 2.45. The Labute approximate surface area is 430 Å². The largest absolute Gasteiger partial charge is 0.466 e. The number of hydrogen-bond acceptors (Lipinski definition) is 14. The summed E-state index contributed by atoms with van der Waals surface area (Å²) in [5.74, 6) is -3.08. The lowest BCUT2D eigenvalue weighted by molar-refractivity contribution is -0.145. The van der Waals surface area contributed by atoms with Gasteiger partial charge in [0.05, 0.1) is 39.5 Å². The summed E-state index contributed by atoms with van der Waals surface area (Å²) in [7, 11) is 0. The second-order valence-electron chi connectivity index (χ2n) is 19.9. The molecule has 0 aliphatic heterocycles. The molecule has 3 aromatic carbocycles. The monoisotopic (exact) mass is 1020 g/mol. The van der Waals surface area contributed by atoms with Gasteiger partial charge in [-0.1, -0.05) is 65.3 Å². The van der Waals surface area contributed by atoms with Crippen LogP contribution in [-0.4, -0.2) is 48.2 Å². The molecular formula is C57H65ClO13S. The van der Waals surface area contributed by atoms with Gasteiger partial charge in [0.2, 0.25) is 0 Å². The quantitative estimate of drug-likeness (QED) is 0.0376. The van der Waals surface area contributed by atoms with E-state index in [1.165, 1.54) is 44.2 Å². The van der Waals surface area contributed by atoms with Crippen molar-refractivity contribution >= 4 is 70.6 Å². The van der Waals surface area contributed by atoms with Crippen molar-refractivity contribution in [3.63, 3.8) is 0 Å². The van der Waals surface area contributed by atoms with Gasteiger partial charge in [-0.3, -0.25) is 33.6 Å². The lowest BCUT2D eigenvalue weighted by Crippen LogP contribution is -2.31. The van der Waals surface area contributed by atoms with Gasteiger partial charge in [0.1, 0.15) is 28.7 Å². The maximum Gasteiger partial charge on any atom is 0.314 e. The Morgan fingerprint density at radius 2 is 1.03 bits per heavy atom. The van der Waals surface area contributed by atoms with E-state index in [0.717, 1.165) is 40.9 Å². The number of hydrogen-bond donors (Lipinski definition) is 0. The van der Waals surface area contributed by atoms with E-state index in [2.05, 4.69) is 13.8 Å². The van der Waals surface area contributed by atoms with E-state index >= 15 is 0 Å². The molecular weight excluding hydrogens is 960 g/mol. The first-order chi connectivity index (χ1) is 34.2. The summed E-state index contributed by atoms with van der Waals surface area (Å²) in [6, 6.07) is 18.5. The van der Waals surface area contributed by atoms with Crippen LogP contribution in [0.15, 0.2) is 72.8 Å². The molecule has 2 fully saturated rings. The molecule has 0 radical (unpaired) electrons. The standard InChI is InChI=1S/C57H65ClO13S/c1-9-56(5,6)44-33-49(45(57(7,8)10-2)32-48(44)67-35(4)60)71-55(65)40-19-17-39(18-20-40)54(64)70-47-26-24-43(31-41(47)21-25-46(61)50-27-28-51(58)72-50)69-53(63)38-15-13-37(14-16-38)52(62)68-42-22-11-36(12-23-42)29-30-66-34(3)59/h11-12,21-28,31-33,37-40H,9-10,13-20,29-30H2,1-8H3/b25-21+. The maximum atomic E-state index is 13.9. The predicted octanol–water partition coefficient (Wildman–Crippen LogP) is 12.3. The molecule has 13 nitrogen and oxygen atoms in total. The molecule has 0 amide bonds. The number of rotatable bonds is 19. The summed E-state index contributed by atoms with van der Waals surface area (Å²) in [5, 5.41) is 0. The smallest absolute Gasteiger partial charge is 0.314 e. The van der Waals surface area contributed by atoms with Crippen LogP contribution in [0.2, 0.25) is 4.34 Å². The minimum atomic E-state index is -0.523. The second kappa shape index (κ2) is 24.5. The van der Waals surface area contributed by atoms with Crippen molar-refractivity contribution in [2.75, 3.05) is 6.61 Å². The Kier molecular flexibility index (Phi) is 18.8. The second-order valence-corrected chi connectivity index (χ2v) is 21.6. The van der Waals surface area contributed by atoms with Crippen molar-refractivity contribution < 1.29 is 62.0 Å². The Bertz CT molecular complexity index is 2660. The van der Waals surface area contributed by atoms with Gasteiger partial charge in [-0.25, -0.2) is 0 Å². The van der Waals surface area contributed by atoms with Crippen molar-refractivity contribution in [3.8, 4) is 28.7 Å². The highest BCUT2D eigenvalue weighted by Gasteiger charge is 2.36. The number of halogens is 1. The normalized spacial score (nSPS) is 18.2. The maximum absolute atomic E-state index is 13.9. The topological polar surface area (TPSA) is 175 Å². The minimum Gasteiger partial charge on any atom is -0.466 e. The van der Waals surface area contributed by atoms with Crippen molar-refractivity contribution in [1.29, 1.82) is 0 Å². The molecule has 1 heterocycles. The van der Waals surface area contributed by atoms with Gasteiger partial charge < -0.3 is 28.4 Å². The molecule has 15 heteroatoms. The number of ketones is 1. The third-order valence-electron chi connectivity index (χ3n) is 14.0. The zero-order valence-corrected chi connectivity index (χ0v) is 44.0. The number of carbonyl (C=O) groups is 7. The SMILES string of the molecule is CCC(C)(C)c1cc(OC(=O)C2CCC(C(=O)Oc3ccc(OC(=O)C4CCC(C(=O)Oc5ccc(CCOC(C)=O)cc5)CC4)cc3/C=C/C(=O)c3ccc(Cl)s3)CC2)c(C(C)(C)CC)cc1OC(C)=O. The summed E-state index contributed by atoms with van der Waals surface area (Å²) in [6.45, 7) is 15.3. The van der Waals surface area contributed by atoms with Gasteiger partial charge in [0, 0.05) is 37.0 Å². The summed E-state index contributed by atoms with van der Waals surface area (Å²) in [4.78, 5) is 91.0. The number of esters is 6. The lowest BCUT2D eigenvalue weighted by Gasteiger charge is -2.32. The third-order valence-corrected chi connectivity index (χ3v) is 15.3. The fourth-order valence-corrected chi connectivity index (χ4v) is 9.74. The molecule has 2 aliphatic rings. The molecule has 72 heavy (non-hydrogen) atoms. The van der Waals surface area contributed by atoms with Gasteiger partial charge in [-0.2, -0.15) is 0 Å². The molecule has 0 N–H and O–H groups in total. The van der Waals surface area contributed by atoms with Crippen LogP contribution >= 0.6 is 22.9 Å². The fraction of sp³-hybridized carbons (Fsp3) is 0.456. The van der Waals surface area contributed by atoms with E-state index in [4.69, 9.17) is 40.0 Å². The first kappa shape index (κ1) is 55.2. The average molecular weight is 1030 g/mol. The Balaban J connectivity index is 1.08. The Morgan fingerprint density at radius 3 is 1.49 bits per heavy atom. The van der Waals surface area contributed by atoms with Crippen molar-refractivity contribution in [1.82, 2.24) is 0 Å². The number of allylic oxidation sites excluding steroid dienone is 1. The molecule has 384 valence electrons. The zero-order chi connectivity index (χ0) is 52.3. The van der Waals surface area contributed by atoms with Crippen LogP contribution in [0, 0.1) is 23.7 Å². The molecule has 2 aliphatic carbocycles. The predicted molar refractivity (Wildman–Crippen MR) is 274 cm³/mol. The molecule has 1 aromatic heterocycles. The Morgan fingerprint density at radius 1 is 0.569 bits per heavy atom. The van der Waals surface area contributed by atoms with E-state index in [1.807, 2.05) is 52.0 Å². The molecule has 0 bridgehead atoms. The number of thiophene rings is 1. The summed E-state index contributed by atoms with van der Waals surface area (Å²) in [5.41, 5.74) is 1.98. The average Bonchev–Trinajstić information content (AvgIpc) is 3.80. The lowest BCUT2D eigenvalue weighted by atomic mass is 9.77. The fourth-order valence-electron chi connectivity index (χ4n) is 8.78. The first-order valence-electron chi connectivity index (χ1n) is 24.7. The number of carbonyl (C=O) groups excluding carboxylic acids is 7. The van der Waals surface area contributed by atoms with Crippen molar-refractivity contribution in [3.05, 3.63) is 104 Å². The van der Waals surface area contributed by atoms with E-state index in [1.54, 1.807) is 24.3 Å². The van der Waals surface area contributed by atoms with Crippen LogP contribution in [0.3, 0.4) is 0 Å². The minimum absolute atomic E-state index is 0.152. The van der Waals surface area contributed by atoms with Gasteiger partial charge in [-0.05, 0) is 147 Å². The molecule has 0 atom stereocenters. The van der Waals surface area contributed by atoms with Crippen molar-refractivity contribution in [2.24, 2.45) is 23.7 Å². The number of ether oxygens (including phenoxy) is 6. The molecule has 6 rings (SSSR count).